The molecule has 1 amide bonds. The van der Waals surface area contributed by atoms with E-state index in [0.717, 1.165) is 17.5 Å². The largest absolute Gasteiger partial charge is 0.493 e. The first-order valence-corrected chi connectivity index (χ1v) is 11.4. The summed E-state index contributed by atoms with van der Waals surface area (Å²) in [5.41, 5.74) is 14.7. The number of rotatable bonds is 10. The minimum absolute atomic E-state index is 0.379. The summed E-state index contributed by atoms with van der Waals surface area (Å²) in [5.74, 6) is 2.29. The fourth-order valence-corrected chi connectivity index (χ4v) is 3.57. The van der Waals surface area contributed by atoms with Crippen LogP contribution in [0.5, 0.6) is 23.0 Å². The van der Waals surface area contributed by atoms with Gasteiger partial charge in [0, 0.05) is 28.6 Å². The van der Waals surface area contributed by atoms with E-state index in [2.05, 4.69) is 10.3 Å². The highest BCUT2D eigenvalue weighted by molar-refractivity contribution is 6.17. The lowest BCUT2D eigenvalue weighted by Crippen LogP contribution is -2.10. The number of nitrogens with two attached hydrogens (primary N) is 2. The van der Waals surface area contributed by atoms with E-state index in [4.69, 9.17) is 37.3 Å². The van der Waals surface area contributed by atoms with Gasteiger partial charge >= 0.3 is 0 Å². The molecule has 8 nitrogen and oxygen atoms in total. The number of nitrogens with zero attached hydrogens (tertiary/aromatic N) is 1. The number of carbonyl (C=O) groups is 1. The first-order valence-electron chi connectivity index (χ1n) is 10.9. The number of nitrogen functional groups attached to an aromatic ring is 1. The van der Waals surface area contributed by atoms with Crippen LogP contribution < -0.4 is 31.0 Å². The van der Waals surface area contributed by atoms with Crippen LogP contribution in [-0.2, 0) is 0 Å². The summed E-state index contributed by atoms with van der Waals surface area (Å²) < 4.78 is 17.2. The second-order valence-electron chi connectivity index (χ2n) is 7.64. The molecule has 0 saturated heterocycles. The lowest BCUT2D eigenvalue weighted by atomic mass is 10.1. The molecule has 0 atom stereocenters. The van der Waals surface area contributed by atoms with E-state index in [9.17, 15) is 4.79 Å². The Hall–Kier alpha value is -4.17. The highest BCUT2D eigenvalue weighted by Gasteiger charge is 2.14. The summed E-state index contributed by atoms with van der Waals surface area (Å²) in [6, 6.07) is 17.7. The van der Waals surface area contributed by atoms with Crippen molar-refractivity contribution in [3.8, 4) is 23.0 Å². The maximum atomic E-state index is 11.4. The molecule has 0 spiro atoms. The van der Waals surface area contributed by atoms with Crippen molar-refractivity contribution in [2.24, 2.45) is 5.73 Å². The molecule has 9 heteroatoms. The molecule has 5 N–H and O–H groups in total. The van der Waals surface area contributed by atoms with Crippen LogP contribution in [0.1, 0.15) is 16.8 Å². The van der Waals surface area contributed by atoms with Gasteiger partial charge in [0.15, 0.2) is 11.5 Å². The van der Waals surface area contributed by atoms with Crippen molar-refractivity contribution >= 4 is 45.5 Å². The molecule has 35 heavy (non-hydrogen) atoms. The Kier molecular flexibility index (Phi) is 7.42. The summed E-state index contributed by atoms with van der Waals surface area (Å²) in [4.78, 5) is 15.8. The van der Waals surface area contributed by atoms with Crippen molar-refractivity contribution < 1.29 is 19.0 Å². The first kappa shape index (κ1) is 24.0. The third kappa shape index (κ3) is 5.67. The maximum Gasteiger partial charge on any atom is 0.248 e. The first-order chi connectivity index (χ1) is 17.0. The predicted octanol–water partition coefficient (Wildman–Crippen LogP) is 5.47. The molecule has 1 aromatic heterocycles. The van der Waals surface area contributed by atoms with E-state index in [1.54, 1.807) is 37.6 Å². The number of aromatic nitrogens is 1. The second-order valence-corrected chi connectivity index (χ2v) is 8.02. The zero-order chi connectivity index (χ0) is 24.8. The fourth-order valence-electron chi connectivity index (χ4n) is 3.46. The van der Waals surface area contributed by atoms with Gasteiger partial charge < -0.3 is 31.0 Å². The van der Waals surface area contributed by atoms with Crippen molar-refractivity contribution in [2.45, 2.75) is 6.42 Å². The lowest BCUT2D eigenvalue weighted by Gasteiger charge is -2.16. The Labute approximate surface area is 207 Å². The molecular formula is C26H25ClN4O4. The van der Waals surface area contributed by atoms with Crippen LogP contribution in [0.25, 0.3) is 10.9 Å². The van der Waals surface area contributed by atoms with Gasteiger partial charge in [-0.2, -0.15) is 0 Å². The molecule has 0 unspecified atom stereocenters. The molecule has 0 fully saturated rings. The van der Waals surface area contributed by atoms with Gasteiger partial charge in [-0.1, -0.05) is 6.07 Å². The second kappa shape index (κ2) is 10.8. The molecule has 4 aromatic rings. The van der Waals surface area contributed by atoms with Crippen molar-refractivity contribution in [1.82, 2.24) is 4.98 Å². The van der Waals surface area contributed by atoms with Crippen molar-refractivity contribution in [3.05, 3.63) is 72.4 Å². The van der Waals surface area contributed by atoms with Crippen LogP contribution in [0.4, 0.5) is 17.1 Å². The summed E-state index contributed by atoms with van der Waals surface area (Å²) in [7, 11) is 1.58. The van der Waals surface area contributed by atoms with Gasteiger partial charge in [0.2, 0.25) is 5.91 Å². The number of carbonyl (C=O) groups excluding carboxylic acids is 1. The number of alkyl halides is 1. The van der Waals surface area contributed by atoms with E-state index >= 15 is 0 Å². The number of halogens is 1. The number of hydrogen-bond acceptors (Lipinski definition) is 7. The lowest BCUT2D eigenvalue weighted by molar-refractivity contribution is 0.1000. The van der Waals surface area contributed by atoms with Crippen LogP contribution in [-0.4, -0.2) is 30.5 Å². The van der Waals surface area contributed by atoms with E-state index in [1.807, 2.05) is 36.4 Å². The number of amides is 1. The number of nitrogens with one attached hydrogen (secondary N) is 1. The molecule has 0 saturated carbocycles. The van der Waals surface area contributed by atoms with Gasteiger partial charge in [0.25, 0.3) is 0 Å². The van der Waals surface area contributed by atoms with E-state index in [1.165, 1.54) is 0 Å². The Morgan fingerprint density at radius 3 is 2.57 bits per heavy atom. The van der Waals surface area contributed by atoms with Crippen LogP contribution in [0.3, 0.4) is 0 Å². The fraction of sp³-hybridized carbons (Fsp3) is 0.154. The summed E-state index contributed by atoms with van der Waals surface area (Å²) >= 11 is 5.75. The average Bonchev–Trinajstić information content (AvgIpc) is 2.87. The molecule has 0 aliphatic heterocycles. The molecule has 1 heterocycles. The molecule has 180 valence electrons. The third-order valence-electron chi connectivity index (χ3n) is 5.20. The SMILES string of the molecule is COc1cc2c(Nc3ccc(Oc4cccc(C(N)=O)c4)cc3)c(N)cnc2cc1OCCCCl. The number of fused-ring (bicyclic) bond motifs is 1. The van der Waals surface area contributed by atoms with Crippen molar-refractivity contribution in [3.63, 3.8) is 0 Å². The zero-order valence-corrected chi connectivity index (χ0v) is 19.8. The molecule has 0 bridgehead atoms. The zero-order valence-electron chi connectivity index (χ0n) is 19.1. The van der Waals surface area contributed by atoms with Crippen LogP contribution in [0.15, 0.2) is 66.9 Å². The van der Waals surface area contributed by atoms with E-state index < -0.39 is 5.91 Å². The number of benzene rings is 3. The minimum atomic E-state index is -0.511. The topological polar surface area (TPSA) is 122 Å². The molecular weight excluding hydrogens is 468 g/mol. The Morgan fingerprint density at radius 1 is 1.06 bits per heavy atom. The van der Waals surface area contributed by atoms with Gasteiger partial charge in [0.05, 0.1) is 36.8 Å². The Morgan fingerprint density at radius 2 is 1.86 bits per heavy atom. The monoisotopic (exact) mass is 492 g/mol. The molecule has 3 aromatic carbocycles. The van der Waals surface area contributed by atoms with E-state index in [-0.39, 0.29) is 0 Å². The van der Waals surface area contributed by atoms with Gasteiger partial charge in [-0.3, -0.25) is 9.78 Å². The predicted molar refractivity (Wildman–Crippen MR) is 138 cm³/mol. The normalized spacial score (nSPS) is 10.7. The molecule has 4 rings (SSSR count). The number of anilines is 3. The summed E-state index contributed by atoms with van der Waals surface area (Å²) in [5, 5.41) is 4.15. The number of ether oxygens (including phenoxy) is 3. The smallest absolute Gasteiger partial charge is 0.248 e. The summed E-state index contributed by atoms with van der Waals surface area (Å²) in [6.45, 7) is 0.479. The van der Waals surface area contributed by atoms with Crippen LogP contribution >= 0.6 is 11.6 Å². The Balaban J connectivity index is 1.57. The number of pyridine rings is 1. The highest BCUT2D eigenvalue weighted by atomic mass is 35.5. The minimum Gasteiger partial charge on any atom is -0.493 e. The van der Waals surface area contributed by atoms with Gasteiger partial charge in [-0.15, -0.1) is 11.6 Å². The number of hydrogen-bond donors (Lipinski definition) is 3. The van der Waals surface area contributed by atoms with Crippen molar-refractivity contribution in [2.75, 3.05) is 30.6 Å². The third-order valence-corrected chi connectivity index (χ3v) is 5.46. The van der Waals surface area contributed by atoms with Crippen molar-refractivity contribution in [1.29, 1.82) is 0 Å². The number of primary amides is 1. The van der Waals surface area contributed by atoms with Gasteiger partial charge in [0.1, 0.15) is 11.5 Å². The van der Waals surface area contributed by atoms with Crippen LogP contribution in [0, 0.1) is 0 Å². The molecule has 0 aliphatic carbocycles. The quantitative estimate of drug-likeness (QED) is 0.198. The molecule has 0 aliphatic rings. The maximum absolute atomic E-state index is 11.4. The molecule has 0 radical (unpaired) electrons. The van der Waals surface area contributed by atoms with E-state index in [0.29, 0.717) is 57.9 Å². The standard InChI is InChI=1S/C26H25ClN4O4/c1-33-23-13-20-22(14-24(23)34-11-3-10-27)30-15-21(28)25(20)31-17-6-8-18(9-7-17)35-19-5-2-4-16(12-19)26(29)32/h2,4-9,12-15H,3,10-11,28H2,1H3,(H2,29,32)(H,30,31). The van der Waals surface area contributed by atoms with Gasteiger partial charge in [-0.25, -0.2) is 0 Å². The van der Waals surface area contributed by atoms with Crippen LogP contribution in [0.2, 0.25) is 0 Å². The average molecular weight is 493 g/mol. The summed E-state index contributed by atoms with van der Waals surface area (Å²) in [6.07, 6.45) is 2.32. The Bertz CT molecular complexity index is 1350. The number of methoxy groups -OCH3 is 1. The highest BCUT2D eigenvalue weighted by Crippen LogP contribution is 2.38. The van der Waals surface area contributed by atoms with Gasteiger partial charge in [-0.05, 0) is 55.0 Å².